The molecule has 0 unspecified atom stereocenters. The molecule has 1 rings (SSSR count). The lowest BCUT2D eigenvalue weighted by Crippen LogP contribution is -2.00. The highest BCUT2D eigenvalue weighted by Gasteiger charge is 2.01. The van der Waals surface area contributed by atoms with Gasteiger partial charge < -0.3 is 0 Å². The summed E-state index contributed by atoms with van der Waals surface area (Å²) in [6.07, 6.45) is 4.39. The molecule has 0 bridgehead atoms. The van der Waals surface area contributed by atoms with E-state index in [1.54, 1.807) is 0 Å². The van der Waals surface area contributed by atoms with E-state index in [2.05, 4.69) is 25.9 Å². The Morgan fingerprint density at radius 2 is 2.00 bits per heavy atom. The van der Waals surface area contributed by atoms with Crippen LogP contribution in [0, 0.1) is 0 Å². The van der Waals surface area contributed by atoms with E-state index in [0.717, 1.165) is 0 Å². The molecule has 0 saturated carbocycles. The Kier molecular flexibility index (Phi) is 5.23. The van der Waals surface area contributed by atoms with Crippen molar-refractivity contribution >= 4 is 38.7 Å². The molecule has 0 N–H and O–H groups in total. The largest absolute Gasteiger partial charge is 0.293 e. The average molecular weight is 282 g/mol. The monoisotopic (exact) mass is 280 g/mol. The number of rotatable bonds is 2. The summed E-state index contributed by atoms with van der Waals surface area (Å²) in [4.78, 5) is 18.3. The fourth-order valence-electron chi connectivity index (χ4n) is 0.520. The van der Waals surface area contributed by atoms with Crippen LogP contribution in [0.25, 0.3) is 0 Å². The third kappa shape index (κ3) is 3.07. The molecule has 1 aromatic rings. The number of Topliss-reactive ketones (excluding diaryl/α,β-unsaturated/α-hetero) is 1. The van der Waals surface area contributed by atoms with Crippen LogP contribution in [0.4, 0.5) is 0 Å². The van der Waals surface area contributed by atoms with E-state index in [-0.39, 0.29) is 22.8 Å². The summed E-state index contributed by atoms with van der Waals surface area (Å²) >= 11 is 3.05. The van der Waals surface area contributed by atoms with E-state index in [1.165, 1.54) is 18.7 Å². The van der Waals surface area contributed by atoms with Gasteiger partial charge in [0.2, 0.25) is 0 Å². The number of halogens is 2. The molecular formula is C6H6Br2N2O. The van der Waals surface area contributed by atoms with Gasteiger partial charge in [0.05, 0.1) is 10.9 Å². The number of hydrogen-bond acceptors (Lipinski definition) is 3. The molecule has 3 nitrogen and oxygen atoms in total. The summed E-state index contributed by atoms with van der Waals surface area (Å²) in [6.45, 7) is 0. The van der Waals surface area contributed by atoms with E-state index < -0.39 is 0 Å². The maximum absolute atomic E-state index is 10.9. The zero-order valence-corrected chi connectivity index (χ0v) is 8.83. The molecule has 1 aromatic heterocycles. The third-order valence-corrected chi connectivity index (χ3v) is 1.51. The molecule has 0 aliphatic rings. The van der Waals surface area contributed by atoms with Crippen LogP contribution in [-0.4, -0.2) is 21.1 Å². The number of ketones is 1. The van der Waals surface area contributed by atoms with Crippen LogP contribution in [0.15, 0.2) is 18.7 Å². The molecule has 60 valence electrons. The standard InChI is InChI=1S/C6H5BrN2O.BrH/c7-1-6(10)5-2-8-4-9-3-5;/h2-4H,1H2;1H. The summed E-state index contributed by atoms with van der Waals surface area (Å²) in [5.41, 5.74) is 0.541. The highest BCUT2D eigenvalue weighted by Crippen LogP contribution is 1.96. The van der Waals surface area contributed by atoms with E-state index in [4.69, 9.17) is 0 Å². The highest BCUT2D eigenvalue weighted by atomic mass is 79.9. The molecule has 0 aliphatic carbocycles. The smallest absolute Gasteiger partial charge is 0.176 e. The van der Waals surface area contributed by atoms with Crippen molar-refractivity contribution in [1.82, 2.24) is 9.97 Å². The summed E-state index contributed by atoms with van der Waals surface area (Å²) < 4.78 is 0. The summed E-state index contributed by atoms with van der Waals surface area (Å²) in [5.74, 6) is 0.000556. The minimum absolute atomic E-state index is 0. The molecule has 0 amide bonds. The SMILES string of the molecule is Br.O=C(CBr)c1cncnc1. The summed E-state index contributed by atoms with van der Waals surface area (Å²) in [6, 6.07) is 0. The third-order valence-electron chi connectivity index (χ3n) is 1.00. The van der Waals surface area contributed by atoms with Crippen molar-refractivity contribution in [3.63, 3.8) is 0 Å². The van der Waals surface area contributed by atoms with Crippen molar-refractivity contribution in [2.75, 3.05) is 5.33 Å². The number of carbonyl (C=O) groups is 1. The highest BCUT2D eigenvalue weighted by molar-refractivity contribution is 9.09. The van der Waals surface area contributed by atoms with Gasteiger partial charge in [-0.15, -0.1) is 17.0 Å². The summed E-state index contributed by atoms with van der Waals surface area (Å²) in [7, 11) is 0. The van der Waals surface area contributed by atoms with Crippen LogP contribution >= 0.6 is 32.9 Å². The van der Waals surface area contributed by atoms with Crippen molar-refractivity contribution in [2.45, 2.75) is 0 Å². The Balaban J connectivity index is 0.000001000. The van der Waals surface area contributed by atoms with Crippen LogP contribution < -0.4 is 0 Å². The molecule has 5 heteroatoms. The molecule has 0 fully saturated rings. The molecule has 11 heavy (non-hydrogen) atoms. The predicted octanol–water partition coefficient (Wildman–Crippen LogP) is 1.63. The van der Waals surface area contributed by atoms with Gasteiger partial charge in [0.15, 0.2) is 5.78 Å². The number of carbonyl (C=O) groups excluding carboxylic acids is 1. The lowest BCUT2D eigenvalue weighted by atomic mass is 10.2. The molecule has 0 atom stereocenters. The minimum Gasteiger partial charge on any atom is -0.293 e. The van der Waals surface area contributed by atoms with E-state index in [1.807, 2.05) is 0 Å². The Morgan fingerprint density at radius 3 is 2.45 bits per heavy atom. The maximum Gasteiger partial charge on any atom is 0.176 e. The average Bonchev–Trinajstić information content (AvgIpc) is 2.05. The van der Waals surface area contributed by atoms with Crippen molar-refractivity contribution in [3.8, 4) is 0 Å². The van der Waals surface area contributed by atoms with Crippen LogP contribution in [-0.2, 0) is 0 Å². The van der Waals surface area contributed by atoms with Gasteiger partial charge in [-0.05, 0) is 0 Å². The number of hydrogen-bond donors (Lipinski definition) is 0. The number of alkyl halides is 1. The minimum atomic E-state index is 0. The van der Waals surface area contributed by atoms with Crippen molar-refractivity contribution in [1.29, 1.82) is 0 Å². The zero-order chi connectivity index (χ0) is 7.40. The Hall–Kier alpha value is -0.290. The molecule has 0 aromatic carbocycles. The molecular weight excluding hydrogens is 276 g/mol. The first-order valence-corrected chi connectivity index (χ1v) is 3.81. The Bertz CT molecular complexity index is 227. The fourth-order valence-corrected chi connectivity index (χ4v) is 0.844. The molecule has 1 heterocycles. The molecule has 0 radical (unpaired) electrons. The Labute approximate surface area is 83.1 Å². The second-order valence-corrected chi connectivity index (χ2v) is 2.24. The fraction of sp³-hybridized carbons (Fsp3) is 0.167. The normalized spacial score (nSPS) is 8.45. The lowest BCUT2D eigenvalue weighted by Gasteiger charge is -1.91. The van der Waals surface area contributed by atoms with Crippen LogP contribution in [0.1, 0.15) is 10.4 Å². The first-order chi connectivity index (χ1) is 4.84. The van der Waals surface area contributed by atoms with Gasteiger partial charge in [-0.2, -0.15) is 0 Å². The van der Waals surface area contributed by atoms with Gasteiger partial charge in [-0.3, -0.25) is 4.79 Å². The van der Waals surface area contributed by atoms with Crippen molar-refractivity contribution in [2.24, 2.45) is 0 Å². The van der Waals surface area contributed by atoms with Gasteiger partial charge >= 0.3 is 0 Å². The quantitative estimate of drug-likeness (QED) is 0.611. The van der Waals surface area contributed by atoms with Gasteiger partial charge in [0, 0.05) is 12.4 Å². The van der Waals surface area contributed by atoms with Crippen LogP contribution in [0.2, 0.25) is 0 Å². The number of aromatic nitrogens is 2. The first kappa shape index (κ1) is 10.7. The second kappa shape index (κ2) is 5.37. The molecule has 0 spiro atoms. The molecule has 0 saturated heterocycles. The number of nitrogens with zero attached hydrogens (tertiary/aromatic N) is 2. The first-order valence-electron chi connectivity index (χ1n) is 2.69. The molecule has 0 aliphatic heterocycles. The van der Waals surface area contributed by atoms with E-state index in [0.29, 0.717) is 10.9 Å². The second-order valence-electron chi connectivity index (χ2n) is 1.68. The van der Waals surface area contributed by atoms with Crippen molar-refractivity contribution in [3.05, 3.63) is 24.3 Å². The van der Waals surface area contributed by atoms with Crippen LogP contribution in [0.5, 0.6) is 0 Å². The van der Waals surface area contributed by atoms with Gasteiger partial charge in [-0.1, -0.05) is 15.9 Å². The van der Waals surface area contributed by atoms with E-state index in [9.17, 15) is 4.79 Å². The van der Waals surface area contributed by atoms with Gasteiger partial charge in [0.25, 0.3) is 0 Å². The topological polar surface area (TPSA) is 42.9 Å². The predicted molar refractivity (Wildman–Crippen MR) is 50.5 cm³/mol. The van der Waals surface area contributed by atoms with Crippen LogP contribution in [0.3, 0.4) is 0 Å². The Morgan fingerprint density at radius 1 is 1.45 bits per heavy atom. The van der Waals surface area contributed by atoms with Crippen molar-refractivity contribution < 1.29 is 4.79 Å². The van der Waals surface area contributed by atoms with Gasteiger partial charge in [-0.25, -0.2) is 9.97 Å². The summed E-state index contributed by atoms with van der Waals surface area (Å²) in [5, 5.41) is 0.320. The maximum atomic E-state index is 10.9. The zero-order valence-electron chi connectivity index (χ0n) is 5.53. The lowest BCUT2D eigenvalue weighted by molar-refractivity contribution is 0.102. The van der Waals surface area contributed by atoms with E-state index >= 15 is 0 Å². The van der Waals surface area contributed by atoms with Gasteiger partial charge in [0.1, 0.15) is 6.33 Å².